The molecule has 0 amide bonds. The Morgan fingerprint density at radius 3 is 2.75 bits per heavy atom. The lowest BCUT2D eigenvalue weighted by molar-refractivity contribution is -0.149. The van der Waals surface area contributed by atoms with Gasteiger partial charge in [-0.1, -0.05) is 6.08 Å². The minimum absolute atomic E-state index is 0.111. The summed E-state index contributed by atoms with van der Waals surface area (Å²) in [6.07, 6.45) is 1.09. The Kier molecular flexibility index (Phi) is 4.45. The molecule has 0 spiro atoms. The molecule has 1 heterocycles. The molecule has 1 fully saturated rings. The molecule has 2 N–H and O–H groups in total. The number of carboxylic acid groups (broad SMARTS) is 1. The van der Waals surface area contributed by atoms with Crippen molar-refractivity contribution >= 4 is 16.0 Å². The van der Waals surface area contributed by atoms with E-state index >= 15 is 0 Å². The lowest BCUT2D eigenvalue weighted by Crippen LogP contribution is -2.34. The first kappa shape index (κ1) is 13.1. The van der Waals surface area contributed by atoms with E-state index in [4.69, 9.17) is 9.84 Å². The fourth-order valence-electron chi connectivity index (χ4n) is 1.47. The monoisotopic (exact) mass is 249 g/mol. The molecule has 1 rings (SSSR count). The van der Waals surface area contributed by atoms with Crippen molar-refractivity contribution in [3.63, 3.8) is 0 Å². The Hall–Kier alpha value is -0.920. The summed E-state index contributed by atoms with van der Waals surface area (Å²) < 4.78 is 30.0. The van der Waals surface area contributed by atoms with Crippen LogP contribution in [0.25, 0.3) is 0 Å². The van der Waals surface area contributed by atoms with Crippen LogP contribution in [0, 0.1) is 0 Å². The third-order valence-electron chi connectivity index (χ3n) is 2.25. The largest absolute Gasteiger partial charge is 0.479 e. The van der Waals surface area contributed by atoms with Gasteiger partial charge in [0.2, 0.25) is 10.0 Å². The molecular weight excluding hydrogens is 234 g/mol. The van der Waals surface area contributed by atoms with E-state index in [0.29, 0.717) is 12.8 Å². The smallest absolute Gasteiger partial charge is 0.332 e. The quantitative estimate of drug-likeness (QED) is 0.632. The molecule has 92 valence electrons. The average Bonchev–Trinajstić information content (AvgIpc) is 2.63. The molecular formula is C9H15NO5S. The number of aliphatic carboxylic acids is 1. The van der Waals surface area contributed by atoms with Gasteiger partial charge in [0.25, 0.3) is 0 Å². The van der Waals surface area contributed by atoms with Gasteiger partial charge < -0.3 is 9.84 Å². The topological polar surface area (TPSA) is 92.7 Å². The number of rotatable bonds is 6. The molecule has 0 radical (unpaired) electrons. The van der Waals surface area contributed by atoms with Crippen molar-refractivity contribution in [3.05, 3.63) is 12.7 Å². The highest BCUT2D eigenvalue weighted by molar-refractivity contribution is 7.89. The van der Waals surface area contributed by atoms with Crippen molar-refractivity contribution < 1.29 is 23.1 Å². The fourth-order valence-corrected chi connectivity index (χ4v) is 2.34. The first-order chi connectivity index (χ1) is 7.44. The van der Waals surface area contributed by atoms with Crippen molar-refractivity contribution in [2.24, 2.45) is 0 Å². The summed E-state index contributed by atoms with van der Waals surface area (Å²) in [6, 6.07) is 0. The van der Waals surface area contributed by atoms with Crippen LogP contribution in [0.4, 0.5) is 0 Å². The highest BCUT2D eigenvalue weighted by atomic mass is 32.2. The molecule has 0 aliphatic carbocycles. The van der Waals surface area contributed by atoms with E-state index in [0.717, 1.165) is 0 Å². The lowest BCUT2D eigenvalue weighted by atomic mass is 10.2. The van der Waals surface area contributed by atoms with E-state index in [9.17, 15) is 13.2 Å². The molecule has 0 bridgehead atoms. The maximum atomic E-state index is 11.2. The van der Waals surface area contributed by atoms with E-state index < -0.39 is 22.1 Å². The maximum Gasteiger partial charge on any atom is 0.332 e. The second kappa shape index (κ2) is 5.42. The zero-order valence-corrected chi connectivity index (χ0v) is 9.57. The number of hydrogen-bond acceptors (Lipinski definition) is 4. The van der Waals surface area contributed by atoms with E-state index in [1.807, 2.05) is 0 Å². The number of sulfonamides is 1. The molecule has 0 aromatic rings. The second-order valence-electron chi connectivity index (χ2n) is 3.58. The summed E-state index contributed by atoms with van der Waals surface area (Å²) >= 11 is 0. The molecule has 1 aliphatic rings. The lowest BCUT2D eigenvalue weighted by Gasteiger charge is -2.11. The van der Waals surface area contributed by atoms with Gasteiger partial charge in [0.15, 0.2) is 6.10 Å². The predicted molar refractivity (Wildman–Crippen MR) is 57.5 cm³/mol. The van der Waals surface area contributed by atoms with Crippen LogP contribution in [0.2, 0.25) is 0 Å². The molecule has 7 heteroatoms. The predicted octanol–water partition coefficient (Wildman–Crippen LogP) is -0.276. The van der Waals surface area contributed by atoms with Crippen LogP contribution in [0.15, 0.2) is 12.7 Å². The van der Waals surface area contributed by atoms with Gasteiger partial charge in [0.1, 0.15) is 0 Å². The molecule has 0 aromatic carbocycles. The van der Waals surface area contributed by atoms with Crippen LogP contribution in [0.5, 0.6) is 0 Å². The molecule has 1 aliphatic heterocycles. The van der Waals surface area contributed by atoms with Gasteiger partial charge >= 0.3 is 5.97 Å². The molecule has 2 unspecified atom stereocenters. The Bertz CT molecular complexity index is 364. The van der Waals surface area contributed by atoms with E-state index in [1.54, 1.807) is 0 Å². The van der Waals surface area contributed by atoms with Crippen molar-refractivity contribution in [1.29, 1.82) is 0 Å². The number of nitrogens with one attached hydrogen (secondary N) is 1. The van der Waals surface area contributed by atoms with E-state index in [1.165, 1.54) is 6.08 Å². The molecule has 2 atom stereocenters. The molecule has 6 nitrogen and oxygen atoms in total. The fraction of sp³-hybridized carbons (Fsp3) is 0.667. The second-order valence-corrected chi connectivity index (χ2v) is 5.43. The van der Waals surface area contributed by atoms with Gasteiger partial charge in [-0.25, -0.2) is 17.9 Å². The van der Waals surface area contributed by atoms with Gasteiger partial charge in [-0.2, -0.15) is 0 Å². The molecule has 1 saturated heterocycles. The van der Waals surface area contributed by atoms with Crippen LogP contribution in [0.3, 0.4) is 0 Å². The summed E-state index contributed by atoms with van der Waals surface area (Å²) in [7, 11) is -3.35. The maximum absolute atomic E-state index is 11.2. The molecule has 16 heavy (non-hydrogen) atoms. The van der Waals surface area contributed by atoms with Gasteiger partial charge in [-0.3, -0.25) is 0 Å². The first-order valence-electron chi connectivity index (χ1n) is 4.91. The normalized spacial score (nSPS) is 25.5. The summed E-state index contributed by atoms with van der Waals surface area (Å²) in [5.41, 5.74) is 0. The highest BCUT2D eigenvalue weighted by Crippen LogP contribution is 2.19. The van der Waals surface area contributed by atoms with Gasteiger partial charge in [0.05, 0.1) is 11.9 Å². The average molecular weight is 249 g/mol. The number of carboxylic acids is 1. The standard InChI is InChI=1S/C9H15NO5S/c1-2-5-16(13,14)10-6-7-3-4-8(15-7)9(11)12/h2,7-8,10H,1,3-6H2,(H,11,12). The zero-order valence-electron chi connectivity index (χ0n) is 8.76. The van der Waals surface area contributed by atoms with Crippen molar-refractivity contribution in [2.45, 2.75) is 25.0 Å². The summed E-state index contributed by atoms with van der Waals surface area (Å²) in [6.45, 7) is 3.44. The SMILES string of the molecule is C=CCS(=O)(=O)NCC1CCC(C(=O)O)O1. The Morgan fingerprint density at radius 1 is 1.56 bits per heavy atom. The Balaban J connectivity index is 2.35. The minimum atomic E-state index is -3.35. The van der Waals surface area contributed by atoms with Crippen LogP contribution in [-0.4, -0.2) is 44.0 Å². The van der Waals surface area contributed by atoms with Crippen LogP contribution in [0.1, 0.15) is 12.8 Å². The Morgan fingerprint density at radius 2 is 2.25 bits per heavy atom. The first-order valence-corrected chi connectivity index (χ1v) is 6.56. The number of hydrogen-bond donors (Lipinski definition) is 2. The summed E-state index contributed by atoms with van der Waals surface area (Å²) in [4.78, 5) is 10.6. The zero-order chi connectivity index (χ0) is 12.2. The molecule has 0 saturated carbocycles. The minimum Gasteiger partial charge on any atom is -0.479 e. The summed E-state index contributed by atoms with van der Waals surface area (Å²) in [5.74, 6) is -1.15. The Labute approximate surface area is 94.3 Å². The molecule has 0 aromatic heterocycles. The van der Waals surface area contributed by atoms with Crippen molar-refractivity contribution in [2.75, 3.05) is 12.3 Å². The number of carbonyl (C=O) groups is 1. The van der Waals surface area contributed by atoms with Gasteiger partial charge in [0, 0.05) is 6.54 Å². The third kappa shape index (κ3) is 3.92. The van der Waals surface area contributed by atoms with Crippen LogP contribution < -0.4 is 4.72 Å². The van der Waals surface area contributed by atoms with Gasteiger partial charge in [-0.15, -0.1) is 6.58 Å². The number of ether oxygens (including phenoxy) is 1. The van der Waals surface area contributed by atoms with E-state index in [-0.39, 0.29) is 18.4 Å². The highest BCUT2D eigenvalue weighted by Gasteiger charge is 2.30. The van der Waals surface area contributed by atoms with E-state index in [2.05, 4.69) is 11.3 Å². The third-order valence-corrected chi connectivity index (χ3v) is 3.53. The summed E-state index contributed by atoms with van der Waals surface area (Å²) in [5, 5.41) is 8.67. The van der Waals surface area contributed by atoms with Crippen LogP contribution in [-0.2, 0) is 19.6 Å². The van der Waals surface area contributed by atoms with Gasteiger partial charge in [-0.05, 0) is 12.8 Å². The van der Waals surface area contributed by atoms with Crippen molar-refractivity contribution in [1.82, 2.24) is 4.72 Å². The van der Waals surface area contributed by atoms with Crippen molar-refractivity contribution in [3.8, 4) is 0 Å². The van der Waals surface area contributed by atoms with Crippen LogP contribution >= 0.6 is 0 Å².